The Morgan fingerprint density at radius 1 is 1.06 bits per heavy atom. The molecule has 0 aromatic heterocycles. The lowest BCUT2D eigenvalue weighted by Crippen LogP contribution is -1.88. The first-order valence-corrected chi connectivity index (χ1v) is 6.41. The van der Waals surface area contributed by atoms with Crippen LogP contribution in [0.15, 0.2) is 47.4 Å². The zero-order valence-electron chi connectivity index (χ0n) is 8.71. The van der Waals surface area contributed by atoms with E-state index in [-0.39, 0.29) is 5.82 Å². The molecule has 0 unspecified atom stereocenters. The van der Waals surface area contributed by atoms with Gasteiger partial charge in [-0.1, -0.05) is 41.9 Å². The van der Waals surface area contributed by atoms with Crippen LogP contribution < -0.4 is 0 Å². The van der Waals surface area contributed by atoms with E-state index in [0.717, 1.165) is 5.56 Å². The summed E-state index contributed by atoms with van der Waals surface area (Å²) in [5.74, 6) is -0.244. The maximum absolute atomic E-state index is 14.1. The van der Waals surface area contributed by atoms with Crippen molar-refractivity contribution in [2.24, 2.45) is 0 Å². The minimum Gasteiger partial charge on any atom is -0.205 e. The Kier molecular flexibility index (Phi) is 3.52. The lowest BCUT2D eigenvalue weighted by molar-refractivity contribution is 0.606. The van der Waals surface area contributed by atoms with E-state index >= 15 is 0 Å². The molecule has 2 aromatic carbocycles. The van der Waals surface area contributed by atoms with E-state index in [4.69, 9.17) is 11.6 Å². The second kappa shape index (κ2) is 4.89. The second-order valence-corrected chi connectivity index (χ2v) is 4.53. The van der Waals surface area contributed by atoms with Gasteiger partial charge in [0.1, 0.15) is 5.82 Å². The molecule has 0 aliphatic heterocycles. The Morgan fingerprint density at radius 2 is 1.75 bits per heavy atom. The second-order valence-electron chi connectivity index (χ2n) is 3.31. The van der Waals surface area contributed by atoms with Gasteiger partial charge in [-0.3, -0.25) is 0 Å². The summed E-state index contributed by atoms with van der Waals surface area (Å²) in [6.45, 7) is 0. The van der Waals surface area contributed by atoms with Gasteiger partial charge in [-0.15, -0.1) is 11.8 Å². The van der Waals surface area contributed by atoms with Gasteiger partial charge in [0.2, 0.25) is 0 Å². The number of hydrogen-bond donors (Lipinski definition) is 0. The molecular weight excluding hydrogens is 243 g/mol. The van der Waals surface area contributed by atoms with E-state index in [2.05, 4.69) is 0 Å². The van der Waals surface area contributed by atoms with Gasteiger partial charge in [-0.05, 0) is 24.0 Å². The minimum absolute atomic E-state index is 0.244. The lowest BCUT2D eigenvalue weighted by Gasteiger charge is -2.08. The van der Waals surface area contributed by atoms with Gasteiger partial charge in [-0.25, -0.2) is 4.39 Å². The Hall–Kier alpha value is -0.990. The van der Waals surface area contributed by atoms with Gasteiger partial charge in [0, 0.05) is 5.56 Å². The van der Waals surface area contributed by atoms with Crippen LogP contribution in [0.4, 0.5) is 4.39 Å². The van der Waals surface area contributed by atoms with Crippen molar-refractivity contribution >= 4 is 23.4 Å². The average Bonchev–Trinajstić information content (AvgIpc) is 2.31. The van der Waals surface area contributed by atoms with E-state index in [1.165, 1.54) is 11.8 Å². The molecule has 0 fully saturated rings. The van der Waals surface area contributed by atoms with Gasteiger partial charge in [-0.2, -0.15) is 0 Å². The normalized spacial score (nSPS) is 10.4. The smallest absolute Gasteiger partial charge is 0.146 e. The Bertz CT molecular complexity index is 497. The van der Waals surface area contributed by atoms with E-state index in [9.17, 15) is 4.39 Å². The molecule has 0 atom stereocenters. The fourth-order valence-corrected chi connectivity index (χ4v) is 2.49. The molecule has 0 nitrogen and oxygen atoms in total. The molecule has 0 aliphatic carbocycles. The fourth-order valence-electron chi connectivity index (χ4n) is 1.56. The van der Waals surface area contributed by atoms with Crippen molar-refractivity contribution < 1.29 is 4.39 Å². The van der Waals surface area contributed by atoms with Crippen LogP contribution in [0.1, 0.15) is 0 Å². The van der Waals surface area contributed by atoms with Crippen LogP contribution in [0.25, 0.3) is 11.1 Å². The largest absolute Gasteiger partial charge is 0.205 e. The van der Waals surface area contributed by atoms with Gasteiger partial charge in [0.15, 0.2) is 0 Å². The zero-order valence-corrected chi connectivity index (χ0v) is 10.3. The van der Waals surface area contributed by atoms with Crippen molar-refractivity contribution in [3.8, 4) is 11.1 Å². The third kappa shape index (κ3) is 2.08. The van der Waals surface area contributed by atoms with Crippen molar-refractivity contribution in [1.29, 1.82) is 0 Å². The molecule has 0 radical (unpaired) electrons. The highest BCUT2D eigenvalue weighted by Gasteiger charge is 2.12. The summed E-state index contributed by atoms with van der Waals surface area (Å²) >= 11 is 7.25. The average molecular weight is 253 g/mol. The highest BCUT2D eigenvalue weighted by atomic mass is 35.5. The quantitative estimate of drug-likeness (QED) is 0.688. The van der Waals surface area contributed by atoms with Gasteiger partial charge < -0.3 is 0 Å². The monoisotopic (exact) mass is 252 g/mol. The van der Waals surface area contributed by atoms with Crippen LogP contribution in [0, 0.1) is 5.82 Å². The molecule has 0 bridgehead atoms. The number of benzene rings is 2. The molecule has 0 amide bonds. The Balaban J connectivity index is 2.59. The molecule has 2 rings (SSSR count). The van der Waals surface area contributed by atoms with Crippen LogP contribution in [0.5, 0.6) is 0 Å². The van der Waals surface area contributed by atoms with E-state index in [1.807, 2.05) is 36.6 Å². The molecule has 0 heterocycles. The van der Waals surface area contributed by atoms with Crippen molar-refractivity contribution in [2.75, 3.05) is 6.26 Å². The summed E-state index contributed by atoms with van der Waals surface area (Å²) in [4.78, 5) is 0.503. The Labute approximate surface area is 103 Å². The number of rotatable bonds is 2. The van der Waals surface area contributed by atoms with E-state index < -0.39 is 0 Å². The standard InChI is InChI=1S/C13H10ClFS/c1-16-13-11(14)8-7-10(12(13)15)9-5-3-2-4-6-9/h2-8H,1H3. The molecule has 82 valence electrons. The van der Waals surface area contributed by atoms with Crippen LogP contribution in [0.3, 0.4) is 0 Å². The molecule has 2 aromatic rings. The predicted molar refractivity (Wildman–Crippen MR) is 68.6 cm³/mol. The van der Waals surface area contributed by atoms with Crippen molar-refractivity contribution in [3.63, 3.8) is 0 Å². The van der Waals surface area contributed by atoms with E-state index in [1.54, 1.807) is 12.1 Å². The van der Waals surface area contributed by atoms with Crippen LogP contribution in [0.2, 0.25) is 5.02 Å². The third-order valence-electron chi connectivity index (χ3n) is 2.34. The molecule has 0 aliphatic rings. The molecule has 0 N–H and O–H groups in total. The van der Waals surface area contributed by atoms with Gasteiger partial charge in [0.25, 0.3) is 0 Å². The predicted octanol–water partition coefficient (Wildman–Crippen LogP) is 4.87. The molecule has 0 saturated heterocycles. The van der Waals surface area contributed by atoms with Crippen LogP contribution in [-0.2, 0) is 0 Å². The number of thioether (sulfide) groups is 1. The third-order valence-corrected chi connectivity index (χ3v) is 3.57. The summed E-state index contributed by atoms with van der Waals surface area (Å²) in [6, 6.07) is 12.9. The molecular formula is C13H10ClFS. The maximum Gasteiger partial charge on any atom is 0.146 e. The van der Waals surface area contributed by atoms with Crippen LogP contribution >= 0.6 is 23.4 Å². The SMILES string of the molecule is CSc1c(Cl)ccc(-c2ccccc2)c1F. The highest BCUT2D eigenvalue weighted by molar-refractivity contribution is 7.98. The van der Waals surface area contributed by atoms with Crippen LogP contribution in [-0.4, -0.2) is 6.26 Å². The first-order chi connectivity index (χ1) is 7.74. The summed E-state index contributed by atoms with van der Waals surface area (Å²) < 4.78 is 14.1. The fraction of sp³-hybridized carbons (Fsp3) is 0.0769. The minimum atomic E-state index is -0.244. The summed E-state index contributed by atoms with van der Waals surface area (Å²) in [5.41, 5.74) is 1.46. The van der Waals surface area contributed by atoms with Crippen molar-refractivity contribution in [3.05, 3.63) is 53.3 Å². The molecule has 0 spiro atoms. The van der Waals surface area contributed by atoms with Gasteiger partial charge >= 0.3 is 0 Å². The topological polar surface area (TPSA) is 0 Å². The number of halogens is 2. The summed E-state index contributed by atoms with van der Waals surface area (Å²) in [6.07, 6.45) is 1.82. The first kappa shape index (κ1) is 11.5. The molecule has 0 saturated carbocycles. The Morgan fingerprint density at radius 3 is 2.38 bits per heavy atom. The van der Waals surface area contributed by atoms with Crippen molar-refractivity contribution in [2.45, 2.75) is 4.90 Å². The lowest BCUT2D eigenvalue weighted by atomic mass is 10.1. The van der Waals surface area contributed by atoms with E-state index in [0.29, 0.717) is 15.5 Å². The van der Waals surface area contributed by atoms with Crippen molar-refractivity contribution in [1.82, 2.24) is 0 Å². The summed E-state index contributed by atoms with van der Waals surface area (Å²) in [7, 11) is 0. The molecule has 3 heteroatoms. The highest BCUT2D eigenvalue weighted by Crippen LogP contribution is 2.34. The molecule has 16 heavy (non-hydrogen) atoms. The summed E-state index contributed by atoms with van der Waals surface area (Å²) in [5, 5.41) is 0.463. The first-order valence-electron chi connectivity index (χ1n) is 4.81. The zero-order chi connectivity index (χ0) is 11.5. The van der Waals surface area contributed by atoms with Gasteiger partial charge in [0.05, 0.1) is 9.92 Å². The number of hydrogen-bond acceptors (Lipinski definition) is 1. The maximum atomic E-state index is 14.1.